The average Bonchev–Trinajstić information content (AvgIpc) is 2.95. The Morgan fingerprint density at radius 1 is 0.690 bits per heavy atom. The van der Waals surface area contributed by atoms with Gasteiger partial charge in [0.15, 0.2) is 5.75 Å². The van der Waals surface area contributed by atoms with Gasteiger partial charge >= 0.3 is 11.9 Å². The molecule has 0 atom stereocenters. The third-order valence-electron chi connectivity index (χ3n) is 6.23. The van der Waals surface area contributed by atoms with E-state index >= 15 is 0 Å². The second-order valence-corrected chi connectivity index (χ2v) is 10.3. The Kier molecular flexibility index (Phi) is 7.08. The summed E-state index contributed by atoms with van der Waals surface area (Å²) in [6, 6.07) is 19.0. The van der Waals surface area contributed by atoms with Crippen LogP contribution in [0.3, 0.4) is 0 Å². The summed E-state index contributed by atoms with van der Waals surface area (Å²) in [6.07, 6.45) is 0. The van der Waals surface area contributed by atoms with Crippen molar-refractivity contribution < 1.29 is 37.9 Å². The molecule has 0 saturated carbocycles. The molecule has 210 valence electrons. The molecule has 5 aromatic carbocycles. The number of carbonyl (C=O) groups is 2. The van der Waals surface area contributed by atoms with Gasteiger partial charge in [-0.25, -0.2) is 9.59 Å². The summed E-state index contributed by atoms with van der Waals surface area (Å²) in [5.41, 5.74) is 5.53. The van der Waals surface area contributed by atoms with Crippen molar-refractivity contribution in [3.05, 3.63) is 90.0 Å². The number of aromatic hydroxyl groups is 1. The van der Waals surface area contributed by atoms with Crippen LogP contribution in [-0.2, 0) is 10.1 Å². The Labute approximate surface area is 236 Å². The number of phenols is 1. The summed E-state index contributed by atoms with van der Waals surface area (Å²) >= 11 is 0. The molecule has 0 radical (unpaired) electrons. The number of carboxylic acid groups (broad SMARTS) is 2. The van der Waals surface area contributed by atoms with E-state index in [0.29, 0.717) is 27.5 Å². The minimum Gasteiger partial charge on any atom is -0.505 e. The van der Waals surface area contributed by atoms with Crippen molar-refractivity contribution in [3.63, 3.8) is 0 Å². The molecule has 13 nitrogen and oxygen atoms in total. The summed E-state index contributed by atoms with van der Waals surface area (Å²) in [5.74, 6) is -3.36. The number of nitrogens with two attached hydrogens (primary N) is 1. The van der Waals surface area contributed by atoms with Gasteiger partial charge in [-0.2, -0.15) is 13.5 Å². The number of nitrogens with zero attached hydrogens (tertiary/aromatic N) is 4. The Hall–Kier alpha value is -5.73. The second kappa shape index (κ2) is 10.7. The Morgan fingerprint density at radius 2 is 1.31 bits per heavy atom. The summed E-state index contributed by atoms with van der Waals surface area (Å²) in [5, 5.41) is 47.4. The van der Waals surface area contributed by atoms with Gasteiger partial charge in [0, 0.05) is 21.8 Å². The smallest absolute Gasteiger partial charge is 0.336 e. The highest BCUT2D eigenvalue weighted by atomic mass is 32.2. The van der Waals surface area contributed by atoms with E-state index in [2.05, 4.69) is 20.5 Å². The van der Waals surface area contributed by atoms with Crippen molar-refractivity contribution in [1.82, 2.24) is 0 Å². The number of azo groups is 2. The number of hydrogen-bond donors (Lipinski definition) is 5. The molecule has 0 fully saturated rings. The molecule has 0 heterocycles. The van der Waals surface area contributed by atoms with Crippen molar-refractivity contribution in [2.45, 2.75) is 4.90 Å². The van der Waals surface area contributed by atoms with Gasteiger partial charge in [-0.3, -0.25) is 4.55 Å². The molecule has 0 spiro atoms. The number of nitrogen functional groups attached to an aromatic ring is 1. The van der Waals surface area contributed by atoms with Crippen LogP contribution < -0.4 is 5.73 Å². The molecule has 5 aromatic rings. The second-order valence-electron chi connectivity index (χ2n) is 8.92. The predicted octanol–water partition coefficient (Wildman–Crippen LogP) is 6.75. The summed E-state index contributed by atoms with van der Waals surface area (Å²) in [6.45, 7) is 0. The number of aromatic carboxylic acids is 2. The molecule has 5 rings (SSSR count). The van der Waals surface area contributed by atoms with E-state index in [9.17, 15) is 37.9 Å². The Balaban J connectivity index is 1.58. The molecular formula is C28H19N5O8S. The first-order valence-corrected chi connectivity index (χ1v) is 13.4. The third-order valence-corrected chi connectivity index (χ3v) is 7.09. The number of phenolic OH excluding ortho intramolecular Hbond substituents is 1. The largest absolute Gasteiger partial charge is 0.505 e. The van der Waals surface area contributed by atoms with Gasteiger partial charge in [0.05, 0.1) is 28.2 Å². The zero-order valence-electron chi connectivity index (χ0n) is 21.2. The number of hydrogen-bond acceptors (Lipinski definition) is 10. The van der Waals surface area contributed by atoms with Gasteiger partial charge in [0.2, 0.25) is 0 Å². The molecular weight excluding hydrogens is 566 g/mol. The van der Waals surface area contributed by atoms with Crippen molar-refractivity contribution >= 4 is 72.0 Å². The van der Waals surface area contributed by atoms with Gasteiger partial charge in [-0.1, -0.05) is 30.3 Å². The molecule has 0 aromatic heterocycles. The molecule has 42 heavy (non-hydrogen) atoms. The highest BCUT2D eigenvalue weighted by Gasteiger charge is 2.22. The molecule has 0 aliphatic rings. The van der Waals surface area contributed by atoms with Crippen LogP contribution in [0.4, 0.5) is 28.4 Å². The molecule has 0 aliphatic carbocycles. The minimum atomic E-state index is -4.80. The lowest BCUT2D eigenvalue weighted by molar-refractivity contribution is 0.0651. The fourth-order valence-corrected chi connectivity index (χ4v) is 4.92. The highest BCUT2D eigenvalue weighted by molar-refractivity contribution is 7.86. The lowest BCUT2D eigenvalue weighted by Gasteiger charge is -2.09. The maximum absolute atomic E-state index is 12.1. The SMILES string of the molecule is Nc1ccc2cc(S(=O)(=O)O)c(N=Nc3ccc(N=Nc4ccc(C(=O)O)c(C(=O)O)c4)c4ccccc34)c(O)c2c1. The lowest BCUT2D eigenvalue weighted by Crippen LogP contribution is -2.07. The maximum Gasteiger partial charge on any atom is 0.336 e. The lowest BCUT2D eigenvalue weighted by atomic mass is 10.1. The van der Waals surface area contributed by atoms with E-state index in [1.165, 1.54) is 36.4 Å². The molecule has 14 heteroatoms. The Morgan fingerprint density at radius 3 is 1.90 bits per heavy atom. The fourth-order valence-electron chi connectivity index (χ4n) is 4.27. The van der Waals surface area contributed by atoms with Crippen molar-refractivity contribution in [1.29, 1.82) is 0 Å². The number of anilines is 1. The molecule has 0 saturated heterocycles. The topological polar surface area (TPSA) is 225 Å². The predicted molar refractivity (Wildman–Crippen MR) is 153 cm³/mol. The van der Waals surface area contributed by atoms with Crippen LogP contribution in [0, 0.1) is 0 Å². The van der Waals surface area contributed by atoms with Crippen molar-refractivity contribution in [2.75, 3.05) is 5.73 Å². The maximum atomic E-state index is 12.1. The molecule has 6 N–H and O–H groups in total. The van der Waals surface area contributed by atoms with E-state index in [1.54, 1.807) is 24.3 Å². The van der Waals surface area contributed by atoms with E-state index in [0.717, 1.165) is 18.2 Å². The van der Waals surface area contributed by atoms with E-state index < -0.39 is 44.0 Å². The van der Waals surface area contributed by atoms with Crippen molar-refractivity contribution in [2.24, 2.45) is 20.5 Å². The van der Waals surface area contributed by atoms with Crippen LogP contribution in [0.2, 0.25) is 0 Å². The zero-order valence-corrected chi connectivity index (χ0v) is 22.0. The van der Waals surface area contributed by atoms with Crippen LogP contribution >= 0.6 is 0 Å². The quantitative estimate of drug-likeness (QED) is 0.0771. The van der Waals surface area contributed by atoms with Gasteiger partial charge in [0.1, 0.15) is 10.6 Å². The minimum absolute atomic E-state index is 0.107. The normalized spacial score (nSPS) is 12.0. The molecule has 0 unspecified atom stereocenters. The van der Waals surface area contributed by atoms with Crippen molar-refractivity contribution in [3.8, 4) is 5.75 Å². The highest BCUT2D eigenvalue weighted by Crippen LogP contribution is 2.43. The summed E-state index contributed by atoms with van der Waals surface area (Å²) < 4.78 is 34.0. The first-order chi connectivity index (χ1) is 19.9. The van der Waals surface area contributed by atoms with Gasteiger partial charge in [-0.05, 0) is 53.9 Å². The van der Waals surface area contributed by atoms with Crippen LogP contribution in [0.1, 0.15) is 20.7 Å². The number of fused-ring (bicyclic) bond motifs is 2. The van der Waals surface area contributed by atoms with Gasteiger partial charge < -0.3 is 21.1 Å². The van der Waals surface area contributed by atoms with Crippen LogP contribution in [0.5, 0.6) is 5.75 Å². The van der Waals surface area contributed by atoms with Crippen LogP contribution in [-0.4, -0.2) is 40.2 Å². The van der Waals surface area contributed by atoms with E-state index in [4.69, 9.17) is 5.73 Å². The van der Waals surface area contributed by atoms with Gasteiger partial charge in [0.25, 0.3) is 10.1 Å². The zero-order chi connectivity index (χ0) is 30.2. The summed E-state index contributed by atoms with van der Waals surface area (Å²) in [7, 11) is -4.80. The number of rotatable bonds is 7. The number of benzene rings is 5. The fraction of sp³-hybridized carbons (Fsp3) is 0. The van der Waals surface area contributed by atoms with Crippen LogP contribution in [0.25, 0.3) is 21.5 Å². The summed E-state index contributed by atoms with van der Waals surface area (Å²) in [4.78, 5) is 22.1. The molecule has 0 bridgehead atoms. The Bertz CT molecular complexity index is 2110. The molecule has 0 amide bonds. The van der Waals surface area contributed by atoms with E-state index in [1.807, 2.05) is 0 Å². The van der Waals surface area contributed by atoms with E-state index in [-0.39, 0.29) is 22.3 Å². The third kappa shape index (κ3) is 5.34. The monoisotopic (exact) mass is 585 g/mol. The first-order valence-electron chi connectivity index (χ1n) is 11.9. The number of carboxylic acids is 2. The standard InChI is InChI=1S/C28H19N5O8S/c29-15-6-5-14-11-24(42(39,40)41)25(26(34)20(14)12-15)33-32-23-10-9-22(17-3-1-2-4-18(17)23)31-30-16-7-8-19(27(35)36)21(13-16)28(37)38/h1-13,34H,29H2,(H,35,36)(H,37,38)(H,39,40,41). The molecule has 0 aliphatic heterocycles. The first kappa shape index (κ1) is 27.8. The average molecular weight is 586 g/mol. The van der Waals surface area contributed by atoms with Gasteiger partial charge in [-0.15, -0.1) is 15.3 Å². The van der Waals surface area contributed by atoms with Crippen LogP contribution in [0.15, 0.2) is 104 Å².